The van der Waals surface area contributed by atoms with Gasteiger partial charge in [-0.05, 0) is 23.7 Å². The van der Waals surface area contributed by atoms with Crippen molar-refractivity contribution < 1.29 is 4.79 Å². The van der Waals surface area contributed by atoms with E-state index in [1.807, 2.05) is 0 Å². The van der Waals surface area contributed by atoms with Gasteiger partial charge in [0, 0.05) is 6.04 Å². The Morgan fingerprint density at radius 3 is 2.00 bits per heavy atom. The maximum atomic E-state index is 12.4. The third-order valence-electron chi connectivity index (χ3n) is 5.30. The molecule has 1 aliphatic carbocycles. The molecule has 1 aliphatic heterocycles. The number of hydrogen-bond acceptors (Lipinski definition) is 2. The van der Waals surface area contributed by atoms with Gasteiger partial charge in [0.05, 0.1) is 12.2 Å². The number of amides is 1. The van der Waals surface area contributed by atoms with Crippen LogP contribution in [0, 0.1) is 10.8 Å². The zero-order valence-corrected chi connectivity index (χ0v) is 12.0. The number of carbonyl (C=O) groups is 1. The van der Waals surface area contributed by atoms with E-state index in [4.69, 9.17) is 0 Å². The highest BCUT2D eigenvalue weighted by atomic mass is 16.2. The van der Waals surface area contributed by atoms with Gasteiger partial charge in [-0.2, -0.15) is 0 Å². The molecule has 3 nitrogen and oxygen atoms in total. The molecule has 1 saturated carbocycles. The molecular weight excluding hydrogens is 212 g/mol. The predicted molar refractivity (Wildman–Crippen MR) is 69.5 cm³/mol. The first-order valence-electron chi connectivity index (χ1n) is 6.87. The summed E-state index contributed by atoms with van der Waals surface area (Å²) in [6.45, 7) is 13.3. The highest BCUT2D eigenvalue weighted by Gasteiger charge is 2.69. The number of nitrogens with one attached hydrogen (secondary N) is 1. The van der Waals surface area contributed by atoms with E-state index >= 15 is 0 Å². The van der Waals surface area contributed by atoms with Crippen LogP contribution in [0.4, 0.5) is 0 Å². The minimum Gasteiger partial charge on any atom is -0.322 e. The maximum Gasteiger partial charge on any atom is 0.241 e. The lowest BCUT2D eigenvalue weighted by Crippen LogP contribution is -2.41. The summed E-state index contributed by atoms with van der Waals surface area (Å²) in [6, 6.07) is 0.420. The SMILES string of the molecule is CCC1NC(CC)N(C2C(C)(C)C2(C)C)C1=O. The second-order valence-corrected chi connectivity index (χ2v) is 6.64. The number of rotatable bonds is 3. The van der Waals surface area contributed by atoms with E-state index < -0.39 is 0 Å². The maximum absolute atomic E-state index is 12.4. The van der Waals surface area contributed by atoms with E-state index in [0.29, 0.717) is 11.9 Å². The van der Waals surface area contributed by atoms with Gasteiger partial charge in [0.15, 0.2) is 0 Å². The molecule has 17 heavy (non-hydrogen) atoms. The molecule has 3 heteroatoms. The van der Waals surface area contributed by atoms with Crippen molar-refractivity contribution in [2.24, 2.45) is 10.8 Å². The first-order chi connectivity index (χ1) is 7.79. The van der Waals surface area contributed by atoms with Gasteiger partial charge in [-0.25, -0.2) is 0 Å². The van der Waals surface area contributed by atoms with Crippen LogP contribution in [-0.4, -0.2) is 29.1 Å². The second kappa shape index (κ2) is 3.71. The van der Waals surface area contributed by atoms with Gasteiger partial charge in [0.2, 0.25) is 5.91 Å². The molecule has 0 aromatic carbocycles. The Kier molecular flexibility index (Phi) is 2.81. The van der Waals surface area contributed by atoms with E-state index in [0.717, 1.165) is 12.8 Å². The summed E-state index contributed by atoms with van der Waals surface area (Å²) in [5.41, 5.74) is 0.473. The second-order valence-electron chi connectivity index (χ2n) is 6.64. The molecule has 1 amide bonds. The number of carbonyl (C=O) groups excluding carboxylic acids is 1. The van der Waals surface area contributed by atoms with Crippen LogP contribution >= 0.6 is 0 Å². The van der Waals surface area contributed by atoms with Crippen molar-refractivity contribution in [1.82, 2.24) is 10.2 Å². The molecule has 98 valence electrons. The standard InChI is InChI=1S/C14H26N2O/c1-7-9-11(17)16(10(8-2)15-9)12-13(3,4)14(12,5)6/h9-10,12,15H,7-8H2,1-6H3. The quantitative estimate of drug-likeness (QED) is 0.818. The lowest BCUT2D eigenvalue weighted by Gasteiger charge is -2.25. The third kappa shape index (κ3) is 1.55. The van der Waals surface area contributed by atoms with Crippen molar-refractivity contribution in [3.8, 4) is 0 Å². The Balaban J connectivity index is 2.24. The lowest BCUT2D eigenvalue weighted by atomic mass is 10.0. The largest absolute Gasteiger partial charge is 0.322 e. The fraction of sp³-hybridized carbons (Fsp3) is 0.929. The predicted octanol–water partition coefficient (Wildman–Crippen LogP) is 2.37. The van der Waals surface area contributed by atoms with Gasteiger partial charge in [-0.3, -0.25) is 10.1 Å². The third-order valence-corrected chi connectivity index (χ3v) is 5.30. The van der Waals surface area contributed by atoms with Crippen LogP contribution in [0.15, 0.2) is 0 Å². The Morgan fingerprint density at radius 1 is 1.12 bits per heavy atom. The van der Waals surface area contributed by atoms with Crippen LogP contribution in [0.3, 0.4) is 0 Å². The molecule has 2 fully saturated rings. The average molecular weight is 238 g/mol. The summed E-state index contributed by atoms with van der Waals surface area (Å²) in [5, 5.41) is 3.46. The number of hydrogen-bond donors (Lipinski definition) is 1. The van der Waals surface area contributed by atoms with Crippen molar-refractivity contribution in [2.75, 3.05) is 0 Å². The number of nitrogens with zero attached hydrogens (tertiary/aromatic N) is 1. The zero-order chi connectivity index (χ0) is 13.0. The van der Waals surface area contributed by atoms with Crippen LogP contribution in [0.5, 0.6) is 0 Å². The van der Waals surface area contributed by atoms with Crippen molar-refractivity contribution in [1.29, 1.82) is 0 Å². The Bertz CT molecular complexity index is 321. The summed E-state index contributed by atoms with van der Waals surface area (Å²) in [5.74, 6) is 0.308. The van der Waals surface area contributed by atoms with Crippen LogP contribution in [0.1, 0.15) is 54.4 Å². The smallest absolute Gasteiger partial charge is 0.241 e. The first kappa shape index (κ1) is 12.9. The molecule has 1 heterocycles. The van der Waals surface area contributed by atoms with Gasteiger partial charge < -0.3 is 4.90 Å². The van der Waals surface area contributed by atoms with Gasteiger partial charge >= 0.3 is 0 Å². The molecule has 2 unspecified atom stereocenters. The van der Waals surface area contributed by atoms with Gasteiger partial charge in [-0.15, -0.1) is 0 Å². The molecule has 0 aromatic rings. The topological polar surface area (TPSA) is 32.3 Å². The Hall–Kier alpha value is -0.570. The summed E-state index contributed by atoms with van der Waals surface area (Å²) in [4.78, 5) is 14.6. The fourth-order valence-corrected chi connectivity index (χ4v) is 3.49. The lowest BCUT2D eigenvalue weighted by molar-refractivity contribution is -0.131. The fourth-order valence-electron chi connectivity index (χ4n) is 3.49. The van der Waals surface area contributed by atoms with Crippen molar-refractivity contribution in [2.45, 2.75) is 72.6 Å². The van der Waals surface area contributed by atoms with Crippen LogP contribution in [-0.2, 0) is 4.79 Å². The van der Waals surface area contributed by atoms with Crippen LogP contribution < -0.4 is 5.32 Å². The van der Waals surface area contributed by atoms with E-state index in [1.165, 1.54) is 0 Å². The molecule has 2 atom stereocenters. The van der Waals surface area contributed by atoms with E-state index in [1.54, 1.807) is 0 Å². The van der Waals surface area contributed by atoms with Gasteiger partial charge in [0.25, 0.3) is 0 Å². The summed E-state index contributed by atoms with van der Waals surface area (Å²) in [7, 11) is 0. The van der Waals surface area contributed by atoms with E-state index in [2.05, 4.69) is 51.8 Å². The molecule has 2 rings (SSSR count). The molecule has 0 radical (unpaired) electrons. The van der Waals surface area contributed by atoms with Crippen LogP contribution in [0.2, 0.25) is 0 Å². The minimum absolute atomic E-state index is 0.0344. The normalized spacial score (nSPS) is 35.4. The average Bonchev–Trinajstić information content (AvgIpc) is 2.56. The zero-order valence-electron chi connectivity index (χ0n) is 12.0. The molecule has 1 N–H and O–H groups in total. The van der Waals surface area contributed by atoms with Crippen molar-refractivity contribution in [3.63, 3.8) is 0 Å². The summed E-state index contributed by atoms with van der Waals surface area (Å²) in [6.07, 6.45) is 2.11. The van der Waals surface area contributed by atoms with Gasteiger partial charge in [-0.1, -0.05) is 41.5 Å². The molecule has 0 bridgehead atoms. The first-order valence-corrected chi connectivity index (χ1v) is 6.87. The van der Waals surface area contributed by atoms with Crippen molar-refractivity contribution in [3.05, 3.63) is 0 Å². The minimum atomic E-state index is 0.0344. The molecule has 0 spiro atoms. The van der Waals surface area contributed by atoms with Gasteiger partial charge in [0.1, 0.15) is 0 Å². The molecule has 2 aliphatic rings. The Morgan fingerprint density at radius 2 is 1.65 bits per heavy atom. The summed E-state index contributed by atoms with van der Waals surface area (Å²) >= 11 is 0. The van der Waals surface area contributed by atoms with Crippen LogP contribution in [0.25, 0.3) is 0 Å². The summed E-state index contributed by atoms with van der Waals surface area (Å²) < 4.78 is 0. The highest BCUT2D eigenvalue weighted by molar-refractivity contribution is 5.85. The highest BCUT2D eigenvalue weighted by Crippen LogP contribution is 2.66. The van der Waals surface area contributed by atoms with E-state index in [-0.39, 0.29) is 23.0 Å². The molecule has 1 saturated heterocycles. The van der Waals surface area contributed by atoms with E-state index in [9.17, 15) is 4.79 Å². The monoisotopic (exact) mass is 238 g/mol. The van der Waals surface area contributed by atoms with Crippen molar-refractivity contribution >= 4 is 5.91 Å². The molecular formula is C14H26N2O. The Labute approximate surface area is 105 Å². The molecule has 0 aromatic heterocycles.